The number of methoxy groups -OCH3 is 1. The van der Waals surface area contributed by atoms with Crippen LogP contribution in [0.3, 0.4) is 0 Å². The number of hydrogen-bond donors (Lipinski definition) is 0. The van der Waals surface area contributed by atoms with Gasteiger partial charge in [0.25, 0.3) is 0 Å². The van der Waals surface area contributed by atoms with Crippen LogP contribution in [0.15, 0.2) is 11.8 Å². The second kappa shape index (κ2) is 7.44. The summed E-state index contributed by atoms with van der Waals surface area (Å²) in [5, 5.41) is 0. The molecule has 0 aromatic carbocycles. The highest BCUT2D eigenvalue weighted by molar-refractivity contribution is 7.48. The van der Waals surface area contributed by atoms with Gasteiger partial charge in [-0.05, 0) is 20.8 Å². The van der Waals surface area contributed by atoms with Crippen molar-refractivity contribution in [1.82, 2.24) is 0 Å². The molecule has 0 atom stereocenters. The van der Waals surface area contributed by atoms with Crippen LogP contribution in [0.1, 0.15) is 20.8 Å². The molecule has 0 saturated heterocycles. The molecule has 0 heterocycles. The molecule has 0 N–H and O–H groups in total. The van der Waals surface area contributed by atoms with E-state index in [9.17, 15) is 9.36 Å². The Morgan fingerprint density at radius 1 is 1.25 bits per heavy atom. The molecular weight excluding hydrogens is 235 g/mol. The van der Waals surface area contributed by atoms with Crippen molar-refractivity contribution in [2.45, 2.75) is 20.8 Å². The Kier molecular flexibility index (Phi) is 7.05. The van der Waals surface area contributed by atoms with E-state index in [-0.39, 0.29) is 19.0 Å². The van der Waals surface area contributed by atoms with E-state index in [0.29, 0.717) is 0 Å². The number of phosphoric ester groups is 1. The third-order valence-corrected chi connectivity index (χ3v) is 3.01. The molecule has 0 radical (unpaired) electrons. The molecule has 94 valence electrons. The van der Waals surface area contributed by atoms with E-state index < -0.39 is 13.8 Å². The number of ether oxygens (including phenoxy) is 1. The Hall–Kier alpha value is -0.840. The van der Waals surface area contributed by atoms with Crippen LogP contribution in [0.2, 0.25) is 0 Å². The molecule has 0 aromatic rings. The zero-order chi connectivity index (χ0) is 12.6. The van der Waals surface area contributed by atoms with Crippen LogP contribution in [-0.2, 0) is 27.7 Å². The van der Waals surface area contributed by atoms with Gasteiger partial charge in [0.1, 0.15) is 5.76 Å². The van der Waals surface area contributed by atoms with Gasteiger partial charge in [0.15, 0.2) is 0 Å². The summed E-state index contributed by atoms with van der Waals surface area (Å²) in [4.78, 5) is 10.9. The highest BCUT2D eigenvalue weighted by Crippen LogP contribution is 2.50. The zero-order valence-corrected chi connectivity index (χ0v) is 10.8. The number of hydrogen-bond acceptors (Lipinski definition) is 6. The third-order valence-electron chi connectivity index (χ3n) is 1.35. The SMILES string of the molecule is CCOP(=O)(OCC)OC(C)=CC(=O)OC. The van der Waals surface area contributed by atoms with E-state index in [1.165, 1.54) is 14.0 Å². The maximum absolute atomic E-state index is 11.8. The molecule has 0 amide bonds. The minimum Gasteiger partial charge on any atom is -0.466 e. The van der Waals surface area contributed by atoms with Crippen LogP contribution >= 0.6 is 7.82 Å². The zero-order valence-electron chi connectivity index (χ0n) is 9.89. The minimum absolute atomic E-state index is 0.108. The predicted octanol–water partition coefficient (Wildman–Crippen LogP) is 2.26. The maximum Gasteiger partial charge on any atom is 0.529 e. The number of carbonyl (C=O) groups is 1. The van der Waals surface area contributed by atoms with Gasteiger partial charge in [-0.3, -0.25) is 9.05 Å². The number of carbonyl (C=O) groups excluding carboxylic acids is 1. The molecular formula is C9H17O6P. The van der Waals surface area contributed by atoms with Gasteiger partial charge in [-0.15, -0.1) is 0 Å². The number of esters is 1. The predicted molar refractivity (Wildman–Crippen MR) is 57.7 cm³/mol. The fourth-order valence-corrected chi connectivity index (χ4v) is 2.05. The first-order valence-corrected chi connectivity index (χ1v) is 6.28. The molecule has 0 aliphatic heterocycles. The normalized spacial score (nSPS) is 12.4. The molecule has 0 aliphatic carbocycles. The second-order valence-corrected chi connectivity index (χ2v) is 4.25. The quantitative estimate of drug-likeness (QED) is 0.299. The van der Waals surface area contributed by atoms with E-state index in [4.69, 9.17) is 13.6 Å². The van der Waals surface area contributed by atoms with Gasteiger partial charge in [-0.1, -0.05) is 0 Å². The van der Waals surface area contributed by atoms with E-state index in [1.807, 2.05) is 0 Å². The van der Waals surface area contributed by atoms with Gasteiger partial charge >= 0.3 is 13.8 Å². The molecule has 16 heavy (non-hydrogen) atoms. The number of allylic oxidation sites excluding steroid dienone is 1. The Morgan fingerprint density at radius 3 is 2.12 bits per heavy atom. The van der Waals surface area contributed by atoms with Crippen molar-refractivity contribution in [3.8, 4) is 0 Å². The van der Waals surface area contributed by atoms with Crippen LogP contribution in [0.4, 0.5) is 0 Å². The van der Waals surface area contributed by atoms with E-state index in [1.54, 1.807) is 13.8 Å². The molecule has 0 fully saturated rings. The molecule has 7 heteroatoms. The fourth-order valence-electron chi connectivity index (χ4n) is 0.834. The monoisotopic (exact) mass is 252 g/mol. The van der Waals surface area contributed by atoms with Crippen molar-refractivity contribution in [2.24, 2.45) is 0 Å². The molecule has 0 aliphatic rings. The van der Waals surface area contributed by atoms with Crippen LogP contribution in [-0.4, -0.2) is 26.3 Å². The minimum atomic E-state index is -3.62. The average Bonchev–Trinajstić information content (AvgIpc) is 2.17. The molecule has 0 spiro atoms. The Morgan fingerprint density at radius 2 is 1.75 bits per heavy atom. The Balaban J connectivity index is 4.57. The molecule has 0 rings (SSSR count). The highest BCUT2D eigenvalue weighted by Gasteiger charge is 2.27. The van der Waals surface area contributed by atoms with E-state index >= 15 is 0 Å². The van der Waals surface area contributed by atoms with Crippen molar-refractivity contribution >= 4 is 13.8 Å². The fraction of sp³-hybridized carbons (Fsp3) is 0.667. The first-order valence-electron chi connectivity index (χ1n) is 4.82. The maximum atomic E-state index is 11.8. The summed E-state index contributed by atoms with van der Waals surface area (Å²) in [6, 6.07) is 0. The molecule has 6 nitrogen and oxygen atoms in total. The summed E-state index contributed by atoms with van der Waals surface area (Å²) in [5.41, 5.74) is 0. The van der Waals surface area contributed by atoms with Gasteiger partial charge in [-0.25, -0.2) is 9.36 Å². The lowest BCUT2D eigenvalue weighted by Crippen LogP contribution is -2.01. The van der Waals surface area contributed by atoms with Crippen molar-refractivity contribution in [1.29, 1.82) is 0 Å². The Labute approximate surface area is 95.1 Å². The summed E-state index contributed by atoms with van der Waals surface area (Å²) in [5.74, 6) is -0.492. The van der Waals surface area contributed by atoms with Crippen LogP contribution in [0.25, 0.3) is 0 Å². The van der Waals surface area contributed by atoms with Gasteiger partial charge in [0.2, 0.25) is 0 Å². The second-order valence-electron chi connectivity index (χ2n) is 2.65. The Bertz CT molecular complexity index is 288. The van der Waals surface area contributed by atoms with E-state index in [0.717, 1.165) is 6.08 Å². The standard InChI is InChI=1S/C9H17O6P/c1-5-13-16(11,14-6-2)15-8(3)7-9(10)12-4/h7H,5-6H2,1-4H3. The van der Waals surface area contributed by atoms with Gasteiger partial charge in [-0.2, -0.15) is 0 Å². The van der Waals surface area contributed by atoms with E-state index in [2.05, 4.69) is 4.74 Å². The lowest BCUT2D eigenvalue weighted by atomic mass is 10.5. The van der Waals surface area contributed by atoms with Crippen LogP contribution in [0.5, 0.6) is 0 Å². The first-order chi connectivity index (χ1) is 7.47. The van der Waals surface area contributed by atoms with Crippen molar-refractivity contribution in [3.63, 3.8) is 0 Å². The van der Waals surface area contributed by atoms with Crippen molar-refractivity contribution in [3.05, 3.63) is 11.8 Å². The lowest BCUT2D eigenvalue weighted by molar-refractivity contribution is -0.135. The summed E-state index contributed by atoms with van der Waals surface area (Å²) >= 11 is 0. The average molecular weight is 252 g/mol. The first kappa shape index (κ1) is 15.2. The summed E-state index contributed by atoms with van der Waals surface area (Å²) in [6.07, 6.45) is 1.06. The van der Waals surface area contributed by atoms with Gasteiger partial charge < -0.3 is 9.26 Å². The largest absolute Gasteiger partial charge is 0.529 e. The molecule has 0 bridgehead atoms. The summed E-state index contributed by atoms with van der Waals surface area (Å²) in [6.45, 7) is 5.15. The van der Waals surface area contributed by atoms with Gasteiger partial charge in [0, 0.05) is 0 Å². The van der Waals surface area contributed by atoms with Crippen molar-refractivity contribution in [2.75, 3.05) is 20.3 Å². The van der Waals surface area contributed by atoms with Crippen molar-refractivity contribution < 1.29 is 27.7 Å². The number of phosphoric acid groups is 1. The lowest BCUT2D eigenvalue weighted by Gasteiger charge is -2.16. The summed E-state index contributed by atoms with van der Waals surface area (Å²) in [7, 11) is -2.39. The third kappa shape index (κ3) is 5.90. The highest BCUT2D eigenvalue weighted by atomic mass is 31.2. The molecule has 0 unspecified atom stereocenters. The summed E-state index contributed by atoms with van der Waals surface area (Å²) < 4.78 is 30.9. The molecule has 0 aromatic heterocycles. The van der Waals surface area contributed by atoms with Crippen LogP contribution in [0, 0.1) is 0 Å². The topological polar surface area (TPSA) is 71.1 Å². The molecule has 0 saturated carbocycles. The number of rotatable bonds is 7. The van der Waals surface area contributed by atoms with Gasteiger partial charge in [0.05, 0.1) is 26.4 Å². The smallest absolute Gasteiger partial charge is 0.466 e. The van der Waals surface area contributed by atoms with Crippen LogP contribution < -0.4 is 0 Å².